The third-order valence-corrected chi connectivity index (χ3v) is 4.15. The van der Waals surface area contributed by atoms with Crippen molar-refractivity contribution in [1.82, 2.24) is 15.0 Å². The number of nitrogens with two attached hydrogens (primary N) is 1. The molecule has 1 atom stereocenters. The number of pyridine rings is 2. The van der Waals surface area contributed by atoms with E-state index in [4.69, 9.17) is 11.3 Å². The summed E-state index contributed by atoms with van der Waals surface area (Å²) in [5.74, 6) is 4.09. The molecule has 0 aliphatic heterocycles. The first-order chi connectivity index (χ1) is 13.7. The Morgan fingerprint density at radius 3 is 2.45 bits per heavy atom. The smallest absolute Gasteiger partial charge is 0.339 e. The van der Waals surface area contributed by atoms with E-state index >= 15 is 0 Å². The lowest BCUT2D eigenvalue weighted by atomic mass is 10.0. The maximum atomic E-state index is 14.3. The van der Waals surface area contributed by atoms with Crippen molar-refractivity contribution in [2.24, 2.45) is 0 Å². The second kappa shape index (κ2) is 7.74. The normalized spacial score (nSPS) is 12.4. The second-order valence-corrected chi connectivity index (χ2v) is 6.10. The standard InChI is InChI=1S/C19H15F4N5O/c20-14-2-1-8-26-17(14)16(11-3-5-13(6-4-11)19(21,22)23)27-18(29)12-7-9-28(25)15(24)10-12/h1-10,16,24H,25H2,(H,27,29). The number of nitrogens with one attached hydrogen (secondary N) is 2. The molecule has 0 saturated carbocycles. The molecule has 1 amide bonds. The summed E-state index contributed by atoms with van der Waals surface area (Å²) < 4.78 is 53.8. The zero-order chi connectivity index (χ0) is 21.2. The summed E-state index contributed by atoms with van der Waals surface area (Å²) in [6.07, 6.45) is -1.92. The van der Waals surface area contributed by atoms with Gasteiger partial charge in [0.1, 0.15) is 17.0 Å². The summed E-state index contributed by atoms with van der Waals surface area (Å²) in [7, 11) is 0. The molecule has 2 aromatic heterocycles. The van der Waals surface area contributed by atoms with Crippen LogP contribution in [-0.4, -0.2) is 15.6 Å². The molecule has 0 saturated heterocycles. The van der Waals surface area contributed by atoms with Gasteiger partial charge in [0.2, 0.25) is 0 Å². The topological polar surface area (TPSA) is 96.8 Å². The van der Waals surface area contributed by atoms with Gasteiger partial charge < -0.3 is 11.2 Å². The van der Waals surface area contributed by atoms with Crippen LogP contribution in [0.1, 0.15) is 33.2 Å². The van der Waals surface area contributed by atoms with E-state index in [9.17, 15) is 22.4 Å². The molecule has 6 nitrogen and oxygen atoms in total. The number of nitrogen functional groups attached to an aromatic ring is 1. The molecule has 29 heavy (non-hydrogen) atoms. The largest absolute Gasteiger partial charge is 0.416 e. The van der Waals surface area contributed by atoms with E-state index in [0.717, 1.165) is 35.0 Å². The highest BCUT2D eigenvalue weighted by molar-refractivity contribution is 5.94. The van der Waals surface area contributed by atoms with Gasteiger partial charge in [-0.1, -0.05) is 12.1 Å². The summed E-state index contributed by atoms with van der Waals surface area (Å²) in [6.45, 7) is 0. The third kappa shape index (κ3) is 4.42. The third-order valence-electron chi connectivity index (χ3n) is 4.15. The van der Waals surface area contributed by atoms with Crippen LogP contribution in [0.4, 0.5) is 17.6 Å². The second-order valence-electron chi connectivity index (χ2n) is 6.10. The number of nitrogens with zero attached hydrogens (tertiary/aromatic N) is 2. The fourth-order valence-electron chi connectivity index (χ4n) is 2.65. The van der Waals surface area contributed by atoms with Crippen molar-refractivity contribution in [2.45, 2.75) is 12.2 Å². The summed E-state index contributed by atoms with van der Waals surface area (Å²) in [5.41, 5.74) is -0.892. The quantitative estimate of drug-likeness (QED) is 0.460. The average Bonchev–Trinajstić information content (AvgIpc) is 2.68. The minimum atomic E-state index is -4.53. The number of aromatic nitrogens is 2. The molecule has 3 rings (SSSR count). The highest BCUT2D eigenvalue weighted by atomic mass is 19.4. The molecule has 0 aliphatic rings. The summed E-state index contributed by atoms with van der Waals surface area (Å²) in [5, 5.41) is 10.2. The number of carbonyl (C=O) groups is 1. The first-order valence-electron chi connectivity index (χ1n) is 8.27. The lowest BCUT2D eigenvalue weighted by Gasteiger charge is -2.20. The fourth-order valence-corrected chi connectivity index (χ4v) is 2.65. The van der Waals surface area contributed by atoms with Crippen molar-refractivity contribution in [3.8, 4) is 0 Å². The maximum absolute atomic E-state index is 14.3. The monoisotopic (exact) mass is 405 g/mol. The van der Waals surface area contributed by atoms with Crippen LogP contribution in [0.5, 0.6) is 0 Å². The minimum Gasteiger partial charge on any atom is -0.339 e. The Labute approximate surface area is 162 Å². The van der Waals surface area contributed by atoms with Crippen molar-refractivity contribution in [2.75, 3.05) is 5.84 Å². The zero-order valence-corrected chi connectivity index (χ0v) is 14.7. The molecule has 10 heteroatoms. The van der Waals surface area contributed by atoms with Gasteiger partial charge in [-0.2, -0.15) is 13.2 Å². The van der Waals surface area contributed by atoms with Gasteiger partial charge >= 0.3 is 6.18 Å². The van der Waals surface area contributed by atoms with Crippen LogP contribution >= 0.6 is 0 Å². The highest BCUT2D eigenvalue weighted by Crippen LogP contribution is 2.31. The van der Waals surface area contributed by atoms with Gasteiger partial charge in [-0.05, 0) is 42.0 Å². The summed E-state index contributed by atoms with van der Waals surface area (Å²) in [6, 6.07) is 7.88. The molecule has 1 aromatic carbocycles. The molecule has 0 bridgehead atoms. The lowest BCUT2D eigenvalue weighted by molar-refractivity contribution is -0.137. The van der Waals surface area contributed by atoms with Crippen LogP contribution in [0.3, 0.4) is 0 Å². The summed E-state index contributed by atoms with van der Waals surface area (Å²) >= 11 is 0. The Morgan fingerprint density at radius 1 is 1.17 bits per heavy atom. The molecule has 0 aliphatic carbocycles. The van der Waals surface area contributed by atoms with Crippen molar-refractivity contribution in [1.29, 1.82) is 5.41 Å². The Morgan fingerprint density at radius 2 is 1.86 bits per heavy atom. The van der Waals surface area contributed by atoms with Crippen LogP contribution in [0.15, 0.2) is 60.9 Å². The minimum absolute atomic E-state index is 0.0740. The van der Waals surface area contributed by atoms with E-state index in [2.05, 4.69) is 10.3 Å². The Kier molecular flexibility index (Phi) is 5.35. The van der Waals surface area contributed by atoms with Gasteiger partial charge in [0.05, 0.1) is 11.6 Å². The number of halogens is 4. The molecular formula is C19H15F4N5O. The number of amides is 1. The van der Waals surface area contributed by atoms with Crippen molar-refractivity contribution in [3.63, 3.8) is 0 Å². The number of hydrogen-bond acceptors (Lipinski definition) is 4. The molecule has 0 radical (unpaired) electrons. The van der Waals surface area contributed by atoms with Crippen LogP contribution in [0.2, 0.25) is 0 Å². The van der Waals surface area contributed by atoms with Crippen LogP contribution in [0.25, 0.3) is 0 Å². The Bertz CT molecular complexity index is 1090. The van der Waals surface area contributed by atoms with Gasteiger partial charge in [-0.25, -0.2) is 4.39 Å². The summed E-state index contributed by atoms with van der Waals surface area (Å²) in [4.78, 5) is 16.6. The van der Waals surface area contributed by atoms with Crippen LogP contribution < -0.4 is 16.6 Å². The average molecular weight is 405 g/mol. The maximum Gasteiger partial charge on any atom is 0.416 e. The highest BCUT2D eigenvalue weighted by Gasteiger charge is 2.31. The van der Waals surface area contributed by atoms with Gasteiger partial charge in [-0.3, -0.25) is 19.9 Å². The lowest BCUT2D eigenvalue weighted by Crippen LogP contribution is -2.33. The van der Waals surface area contributed by atoms with Gasteiger partial charge in [0, 0.05) is 18.0 Å². The number of carbonyl (C=O) groups excluding carboxylic acids is 1. The number of hydrogen-bond donors (Lipinski definition) is 3. The predicted molar refractivity (Wildman–Crippen MR) is 95.4 cm³/mol. The van der Waals surface area contributed by atoms with E-state index in [1.54, 1.807) is 0 Å². The molecular weight excluding hydrogens is 390 g/mol. The predicted octanol–water partition coefficient (Wildman–Crippen LogP) is 2.75. The van der Waals surface area contributed by atoms with E-state index in [-0.39, 0.29) is 22.3 Å². The number of benzene rings is 1. The Balaban J connectivity index is 2.00. The van der Waals surface area contributed by atoms with Gasteiger partial charge in [0.25, 0.3) is 5.91 Å². The molecule has 3 aromatic rings. The molecule has 0 spiro atoms. The molecule has 2 heterocycles. The van der Waals surface area contributed by atoms with E-state index in [1.807, 2.05) is 0 Å². The number of rotatable bonds is 4. The van der Waals surface area contributed by atoms with E-state index in [1.165, 1.54) is 30.6 Å². The Hall–Kier alpha value is -3.69. The van der Waals surface area contributed by atoms with Crippen molar-refractivity contribution in [3.05, 3.63) is 94.6 Å². The molecule has 1 unspecified atom stereocenters. The van der Waals surface area contributed by atoms with Crippen molar-refractivity contribution >= 4 is 5.91 Å². The first kappa shape index (κ1) is 20.1. The van der Waals surface area contributed by atoms with Gasteiger partial charge in [-0.15, -0.1) is 0 Å². The van der Waals surface area contributed by atoms with Gasteiger partial charge in [0.15, 0.2) is 0 Å². The SMILES string of the molecule is N=c1cc(C(=O)NC(c2ccc(C(F)(F)F)cc2)c2ncccc2F)ccn1N. The molecule has 0 fully saturated rings. The van der Waals surface area contributed by atoms with Crippen LogP contribution in [0, 0.1) is 11.2 Å². The number of alkyl halides is 3. The molecule has 150 valence electrons. The van der Waals surface area contributed by atoms with E-state index in [0.29, 0.717) is 0 Å². The van der Waals surface area contributed by atoms with E-state index < -0.39 is 29.5 Å². The van der Waals surface area contributed by atoms with Crippen LogP contribution in [-0.2, 0) is 6.18 Å². The fraction of sp³-hybridized carbons (Fsp3) is 0.105. The zero-order valence-electron chi connectivity index (χ0n) is 14.7. The van der Waals surface area contributed by atoms with Crippen molar-refractivity contribution < 1.29 is 22.4 Å². The molecule has 4 N–H and O–H groups in total. The first-order valence-corrected chi connectivity index (χ1v) is 8.27.